The molecule has 1 aliphatic heterocycles. The van der Waals surface area contributed by atoms with Gasteiger partial charge in [0.15, 0.2) is 0 Å². The number of benzene rings is 1. The van der Waals surface area contributed by atoms with E-state index in [2.05, 4.69) is 11.4 Å². The van der Waals surface area contributed by atoms with Crippen molar-refractivity contribution in [2.45, 2.75) is 20.3 Å². The highest BCUT2D eigenvalue weighted by Crippen LogP contribution is 2.16. The Balaban J connectivity index is 1.77. The number of hydrogen-bond donors (Lipinski definition) is 1. The first-order valence-electron chi connectivity index (χ1n) is 6.85. The number of hydrogen-bond acceptors (Lipinski definition) is 3. The van der Waals surface area contributed by atoms with Crippen molar-refractivity contribution in [3.05, 3.63) is 29.3 Å². The highest BCUT2D eigenvalue weighted by Gasteiger charge is 2.15. The second-order valence-corrected chi connectivity index (χ2v) is 5.05. The van der Waals surface area contributed by atoms with Crippen LogP contribution in [0.5, 0.6) is 5.75 Å². The lowest BCUT2D eigenvalue weighted by molar-refractivity contribution is -0.132. The number of piperazine rings is 1. The molecule has 1 amide bonds. The molecule has 0 bridgehead atoms. The number of nitrogens with zero attached hydrogens (tertiary/aromatic N) is 1. The van der Waals surface area contributed by atoms with Gasteiger partial charge in [-0.15, -0.1) is 0 Å². The molecule has 4 heteroatoms. The highest BCUT2D eigenvalue weighted by molar-refractivity contribution is 5.76. The van der Waals surface area contributed by atoms with E-state index in [0.717, 1.165) is 31.9 Å². The Morgan fingerprint density at radius 2 is 1.84 bits per heavy atom. The lowest BCUT2D eigenvalue weighted by Gasteiger charge is -2.27. The Morgan fingerprint density at radius 1 is 1.21 bits per heavy atom. The number of carbonyl (C=O) groups excluding carboxylic acids is 1. The van der Waals surface area contributed by atoms with Gasteiger partial charge in [-0.3, -0.25) is 4.79 Å². The van der Waals surface area contributed by atoms with Gasteiger partial charge in [0, 0.05) is 26.2 Å². The van der Waals surface area contributed by atoms with E-state index < -0.39 is 0 Å². The van der Waals surface area contributed by atoms with Crippen molar-refractivity contribution in [1.29, 1.82) is 0 Å². The van der Waals surface area contributed by atoms with E-state index in [1.54, 1.807) is 0 Å². The summed E-state index contributed by atoms with van der Waals surface area (Å²) in [6.45, 7) is 7.95. The minimum absolute atomic E-state index is 0.186. The summed E-state index contributed by atoms with van der Waals surface area (Å²) in [6, 6.07) is 6.11. The van der Waals surface area contributed by atoms with Gasteiger partial charge in [0.1, 0.15) is 5.75 Å². The summed E-state index contributed by atoms with van der Waals surface area (Å²) in [5, 5.41) is 3.24. The lowest BCUT2D eigenvalue weighted by atomic mass is 10.1. The summed E-state index contributed by atoms with van der Waals surface area (Å²) in [5.74, 6) is 1.04. The van der Waals surface area contributed by atoms with Crippen LogP contribution in [0.1, 0.15) is 17.5 Å². The van der Waals surface area contributed by atoms with Crippen molar-refractivity contribution in [1.82, 2.24) is 10.2 Å². The van der Waals surface area contributed by atoms with Crippen LogP contribution >= 0.6 is 0 Å². The second kappa shape index (κ2) is 6.57. The van der Waals surface area contributed by atoms with Crippen molar-refractivity contribution in [3.63, 3.8) is 0 Å². The van der Waals surface area contributed by atoms with Gasteiger partial charge in [0.25, 0.3) is 0 Å². The molecule has 1 aromatic rings. The number of rotatable bonds is 4. The van der Waals surface area contributed by atoms with Gasteiger partial charge in [-0.2, -0.15) is 0 Å². The molecule has 0 aromatic heterocycles. The van der Waals surface area contributed by atoms with Gasteiger partial charge in [-0.25, -0.2) is 0 Å². The average molecular weight is 262 g/mol. The van der Waals surface area contributed by atoms with Gasteiger partial charge in [0.05, 0.1) is 13.0 Å². The van der Waals surface area contributed by atoms with Gasteiger partial charge < -0.3 is 15.0 Å². The Bertz CT molecular complexity index is 420. The highest BCUT2D eigenvalue weighted by atomic mass is 16.5. The first kappa shape index (κ1) is 13.9. The van der Waals surface area contributed by atoms with Gasteiger partial charge in [-0.1, -0.05) is 6.07 Å². The van der Waals surface area contributed by atoms with Crippen LogP contribution in [-0.4, -0.2) is 43.6 Å². The maximum absolute atomic E-state index is 11.9. The normalized spacial score (nSPS) is 15.4. The zero-order chi connectivity index (χ0) is 13.7. The standard InChI is InChI=1S/C15H22N2O2/c1-12-9-13(2)11-14(10-12)19-8-3-15(18)17-6-4-16-5-7-17/h9-11,16H,3-8H2,1-2H3. The van der Waals surface area contributed by atoms with E-state index in [-0.39, 0.29) is 5.91 Å². The minimum atomic E-state index is 0.186. The molecule has 1 saturated heterocycles. The predicted molar refractivity (Wildman–Crippen MR) is 75.5 cm³/mol. The molecule has 2 rings (SSSR count). The molecule has 0 spiro atoms. The van der Waals surface area contributed by atoms with Crippen LogP contribution in [0.4, 0.5) is 0 Å². The summed E-state index contributed by atoms with van der Waals surface area (Å²) < 4.78 is 5.67. The molecule has 1 N–H and O–H groups in total. The molecule has 4 nitrogen and oxygen atoms in total. The third-order valence-corrected chi connectivity index (χ3v) is 3.25. The van der Waals surface area contributed by atoms with Crippen molar-refractivity contribution in [2.24, 2.45) is 0 Å². The smallest absolute Gasteiger partial charge is 0.226 e. The summed E-state index contributed by atoms with van der Waals surface area (Å²) in [7, 11) is 0. The monoisotopic (exact) mass is 262 g/mol. The Morgan fingerprint density at radius 3 is 2.47 bits per heavy atom. The number of ether oxygens (including phenoxy) is 1. The van der Waals surface area contributed by atoms with E-state index in [1.807, 2.05) is 30.9 Å². The van der Waals surface area contributed by atoms with Crippen molar-refractivity contribution < 1.29 is 9.53 Å². The summed E-state index contributed by atoms with van der Waals surface area (Å²) in [6.07, 6.45) is 0.451. The third-order valence-electron chi connectivity index (χ3n) is 3.25. The maximum Gasteiger partial charge on any atom is 0.226 e. The summed E-state index contributed by atoms with van der Waals surface area (Å²) in [4.78, 5) is 13.8. The topological polar surface area (TPSA) is 41.6 Å². The minimum Gasteiger partial charge on any atom is -0.493 e. The molecule has 1 aliphatic rings. The second-order valence-electron chi connectivity index (χ2n) is 5.05. The molecule has 0 atom stereocenters. The van der Waals surface area contributed by atoms with Gasteiger partial charge in [0.2, 0.25) is 5.91 Å². The predicted octanol–water partition coefficient (Wildman–Crippen LogP) is 1.50. The van der Waals surface area contributed by atoms with Crippen LogP contribution in [0, 0.1) is 13.8 Å². The van der Waals surface area contributed by atoms with Crippen LogP contribution < -0.4 is 10.1 Å². The maximum atomic E-state index is 11.9. The SMILES string of the molecule is Cc1cc(C)cc(OCCC(=O)N2CCNCC2)c1. The quantitative estimate of drug-likeness (QED) is 0.894. The molecule has 0 saturated carbocycles. The van der Waals surface area contributed by atoms with E-state index in [4.69, 9.17) is 4.74 Å². The molecule has 0 radical (unpaired) electrons. The summed E-state index contributed by atoms with van der Waals surface area (Å²) >= 11 is 0. The average Bonchev–Trinajstić information content (AvgIpc) is 2.38. The molecule has 0 aliphatic carbocycles. The summed E-state index contributed by atoms with van der Waals surface area (Å²) in [5.41, 5.74) is 2.37. The molecule has 1 heterocycles. The fourth-order valence-electron chi connectivity index (χ4n) is 2.34. The molecule has 1 fully saturated rings. The lowest BCUT2D eigenvalue weighted by Crippen LogP contribution is -2.46. The van der Waals surface area contributed by atoms with Crippen LogP contribution in [0.2, 0.25) is 0 Å². The molecule has 0 unspecified atom stereocenters. The number of nitrogens with one attached hydrogen (secondary N) is 1. The van der Waals surface area contributed by atoms with Crippen molar-refractivity contribution in [2.75, 3.05) is 32.8 Å². The molecular weight excluding hydrogens is 240 g/mol. The molecule has 1 aromatic carbocycles. The van der Waals surface area contributed by atoms with E-state index in [1.165, 1.54) is 11.1 Å². The van der Waals surface area contributed by atoms with Crippen LogP contribution in [0.15, 0.2) is 18.2 Å². The van der Waals surface area contributed by atoms with Crippen LogP contribution in [0.25, 0.3) is 0 Å². The number of aryl methyl sites for hydroxylation is 2. The van der Waals surface area contributed by atoms with Gasteiger partial charge >= 0.3 is 0 Å². The molecular formula is C15H22N2O2. The largest absolute Gasteiger partial charge is 0.493 e. The fourth-order valence-corrected chi connectivity index (χ4v) is 2.34. The van der Waals surface area contributed by atoms with E-state index in [9.17, 15) is 4.79 Å². The Labute approximate surface area is 114 Å². The number of amides is 1. The zero-order valence-corrected chi connectivity index (χ0v) is 11.7. The first-order valence-corrected chi connectivity index (χ1v) is 6.85. The van der Waals surface area contributed by atoms with Crippen molar-refractivity contribution >= 4 is 5.91 Å². The van der Waals surface area contributed by atoms with Crippen molar-refractivity contribution in [3.8, 4) is 5.75 Å². The van der Waals surface area contributed by atoms with E-state index >= 15 is 0 Å². The van der Waals surface area contributed by atoms with E-state index in [0.29, 0.717) is 13.0 Å². The molecule has 19 heavy (non-hydrogen) atoms. The number of carbonyl (C=O) groups is 1. The zero-order valence-electron chi connectivity index (χ0n) is 11.7. The molecule has 104 valence electrons. The van der Waals surface area contributed by atoms with Gasteiger partial charge in [-0.05, 0) is 37.1 Å². The first-order chi connectivity index (χ1) is 9.15. The fraction of sp³-hybridized carbons (Fsp3) is 0.533. The van der Waals surface area contributed by atoms with Crippen LogP contribution in [0.3, 0.4) is 0 Å². The van der Waals surface area contributed by atoms with Crippen LogP contribution in [-0.2, 0) is 4.79 Å². The Kier molecular flexibility index (Phi) is 4.80. The third kappa shape index (κ3) is 4.24. The Hall–Kier alpha value is -1.55.